The normalized spacial score (nSPS) is 26.6. The number of nitrogens with one attached hydrogen (secondary N) is 4. The zero-order valence-electron chi connectivity index (χ0n) is 32.0. The summed E-state index contributed by atoms with van der Waals surface area (Å²) < 4.78 is 11.0. The van der Waals surface area contributed by atoms with E-state index in [1.165, 1.54) is 21.8 Å². The van der Waals surface area contributed by atoms with Crippen LogP contribution in [0.4, 0.5) is 10.5 Å². The van der Waals surface area contributed by atoms with Crippen molar-refractivity contribution in [3.63, 3.8) is 0 Å². The number of piperidine rings is 1. The SMILES string of the molecule is COc1cccc(NC(=O)N[C@@H](Cc2ccccc2)C(=O)N[C@H]2COC(=O)[C@@H]3C[C@@H](C)CN3C(=O)[C@H](C)NC(=O)[C@@H]3CCCCN3C(=O)[C@@H]3CCCN3C2=O)c1. The Hall–Kier alpha value is -5.67. The van der Waals surface area contributed by atoms with Gasteiger partial charge in [0.1, 0.15) is 48.6 Å². The Morgan fingerprint density at radius 2 is 1.59 bits per heavy atom. The third-order valence-electron chi connectivity index (χ3n) is 10.9. The van der Waals surface area contributed by atoms with Crippen molar-refractivity contribution in [3.8, 4) is 5.75 Å². The number of urea groups is 1. The van der Waals surface area contributed by atoms with E-state index >= 15 is 0 Å². The Balaban J connectivity index is 1.29. The van der Waals surface area contributed by atoms with Crippen LogP contribution < -0.4 is 26.0 Å². The third kappa shape index (κ3) is 9.23. The molecule has 16 nitrogen and oxygen atoms in total. The van der Waals surface area contributed by atoms with E-state index in [1.807, 2.05) is 13.0 Å². The van der Waals surface area contributed by atoms with Gasteiger partial charge in [-0.2, -0.15) is 0 Å². The van der Waals surface area contributed by atoms with Gasteiger partial charge in [-0.3, -0.25) is 24.0 Å². The van der Waals surface area contributed by atoms with Crippen molar-refractivity contribution in [2.45, 2.75) is 95.0 Å². The molecule has 4 N–H and O–H groups in total. The summed E-state index contributed by atoms with van der Waals surface area (Å²) in [7, 11) is 1.50. The standard InChI is InChI=1S/C40H51N7O9/c1-24-19-33-39(53)56-23-30(43-34(48)29(20-26-11-5-4-6-12-26)44-40(54)42-27-13-9-14-28(21-27)55-3)37(51)46-18-10-16-32(46)38(52)45-17-8-7-15-31(45)35(49)41-25(2)36(50)47(33)22-24/h4-6,9,11-14,21,24-25,29-33H,7-8,10,15-20,22-23H2,1-3H3,(H,41,49)(H,43,48)(H2,42,44,54)/t24-,25+,29+,30+,31+,32+,33+/m1/s1. The first-order valence-electron chi connectivity index (χ1n) is 19.4. The molecule has 4 heterocycles. The first-order valence-corrected chi connectivity index (χ1v) is 19.4. The van der Waals surface area contributed by atoms with Gasteiger partial charge >= 0.3 is 12.0 Å². The zero-order valence-corrected chi connectivity index (χ0v) is 32.0. The largest absolute Gasteiger partial charge is 0.497 e. The zero-order chi connectivity index (χ0) is 39.9. The summed E-state index contributed by atoms with van der Waals surface area (Å²) >= 11 is 0. The van der Waals surface area contributed by atoms with Crippen LogP contribution in [0.15, 0.2) is 54.6 Å². The van der Waals surface area contributed by atoms with E-state index in [0.717, 1.165) is 5.56 Å². The maximum Gasteiger partial charge on any atom is 0.328 e. The highest BCUT2D eigenvalue weighted by atomic mass is 16.5. The lowest BCUT2D eigenvalue weighted by atomic mass is 9.99. The van der Waals surface area contributed by atoms with Gasteiger partial charge in [-0.15, -0.1) is 0 Å². The highest BCUT2D eigenvalue weighted by Crippen LogP contribution is 2.28. The molecule has 56 heavy (non-hydrogen) atoms. The van der Waals surface area contributed by atoms with Crippen LogP contribution in [-0.4, -0.2) is 126 Å². The highest BCUT2D eigenvalue weighted by Gasteiger charge is 2.46. The number of hydrogen-bond acceptors (Lipinski definition) is 9. The van der Waals surface area contributed by atoms with Crippen LogP contribution in [0, 0.1) is 5.92 Å². The molecule has 4 aliphatic heterocycles. The Labute approximate surface area is 326 Å². The minimum Gasteiger partial charge on any atom is -0.497 e. The Morgan fingerprint density at radius 3 is 2.36 bits per heavy atom. The second-order valence-electron chi connectivity index (χ2n) is 15.1. The molecule has 2 aromatic rings. The van der Waals surface area contributed by atoms with Crippen LogP contribution in [0.5, 0.6) is 5.75 Å². The van der Waals surface area contributed by atoms with Crippen molar-refractivity contribution < 1.29 is 43.0 Å². The van der Waals surface area contributed by atoms with Gasteiger partial charge in [0, 0.05) is 37.8 Å². The Kier molecular flexibility index (Phi) is 12.8. The van der Waals surface area contributed by atoms with Crippen LogP contribution in [0.3, 0.4) is 0 Å². The van der Waals surface area contributed by atoms with Gasteiger partial charge in [0.15, 0.2) is 0 Å². The molecule has 0 radical (unpaired) electrons. The van der Waals surface area contributed by atoms with Gasteiger partial charge in [0.05, 0.1) is 7.11 Å². The second-order valence-corrected chi connectivity index (χ2v) is 15.1. The van der Waals surface area contributed by atoms with E-state index in [9.17, 15) is 33.6 Å². The topological polar surface area (TPSA) is 196 Å². The molecule has 0 saturated carbocycles. The number of carbonyl (C=O) groups excluding carboxylic acids is 7. The van der Waals surface area contributed by atoms with E-state index < -0.39 is 84.4 Å². The number of hydrogen-bond donors (Lipinski definition) is 4. The monoisotopic (exact) mass is 773 g/mol. The number of fused-ring (bicyclic) bond motifs is 3. The lowest BCUT2D eigenvalue weighted by molar-refractivity contribution is -0.158. The van der Waals surface area contributed by atoms with Crippen molar-refractivity contribution in [1.82, 2.24) is 30.7 Å². The molecule has 4 aliphatic rings. The molecule has 16 heteroatoms. The molecule has 0 aromatic heterocycles. The van der Waals surface area contributed by atoms with Crippen molar-refractivity contribution in [3.05, 3.63) is 60.2 Å². The number of benzene rings is 2. The molecule has 6 rings (SSSR count). The summed E-state index contributed by atoms with van der Waals surface area (Å²) in [4.78, 5) is 102. The molecule has 0 spiro atoms. The van der Waals surface area contributed by atoms with Crippen molar-refractivity contribution >= 4 is 47.2 Å². The molecule has 0 unspecified atom stereocenters. The fourth-order valence-corrected chi connectivity index (χ4v) is 8.07. The first-order chi connectivity index (χ1) is 26.9. The molecule has 0 aliphatic carbocycles. The van der Waals surface area contributed by atoms with Crippen LogP contribution >= 0.6 is 0 Å². The lowest BCUT2D eigenvalue weighted by Gasteiger charge is -2.39. The van der Waals surface area contributed by atoms with Crippen LogP contribution in [0.25, 0.3) is 0 Å². The Bertz CT molecular complexity index is 1810. The number of rotatable bonds is 7. The fourth-order valence-electron chi connectivity index (χ4n) is 8.07. The number of amides is 7. The summed E-state index contributed by atoms with van der Waals surface area (Å²) in [5, 5.41) is 10.9. The van der Waals surface area contributed by atoms with Gasteiger partial charge in [0.2, 0.25) is 29.5 Å². The number of methoxy groups -OCH3 is 1. The molecule has 0 bridgehead atoms. The van der Waals surface area contributed by atoms with Crippen LogP contribution in [0.2, 0.25) is 0 Å². The molecular formula is C40H51N7O9. The highest BCUT2D eigenvalue weighted by molar-refractivity contribution is 5.98. The summed E-state index contributed by atoms with van der Waals surface area (Å²) in [6, 6.07) is 8.67. The molecule has 2 aromatic carbocycles. The van der Waals surface area contributed by atoms with Gasteiger partial charge in [0.25, 0.3) is 0 Å². The molecular weight excluding hydrogens is 722 g/mol. The van der Waals surface area contributed by atoms with Gasteiger partial charge in [-0.05, 0) is 69.1 Å². The quantitative estimate of drug-likeness (QED) is 0.302. The van der Waals surface area contributed by atoms with Crippen LogP contribution in [0.1, 0.15) is 57.9 Å². The summed E-state index contributed by atoms with van der Waals surface area (Å²) in [5.41, 5.74) is 1.14. The van der Waals surface area contributed by atoms with Crippen molar-refractivity contribution in [1.29, 1.82) is 0 Å². The molecule has 4 saturated heterocycles. The third-order valence-corrected chi connectivity index (χ3v) is 10.9. The van der Waals surface area contributed by atoms with Crippen molar-refractivity contribution in [2.24, 2.45) is 5.92 Å². The maximum absolute atomic E-state index is 14.5. The first kappa shape index (κ1) is 40.0. The molecule has 7 amide bonds. The van der Waals surface area contributed by atoms with E-state index in [2.05, 4.69) is 21.3 Å². The maximum atomic E-state index is 14.5. The van der Waals surface area contributed by atoms with Gasteiger partial charge in [-0.25, -0.2) is 9.59 Å². The minimum absolute atomic E-state index is 0.0524. The Morgan fingerprint density at radius 1 is 0.857 bits per heavy atom. The van der Waals surface area contributed by atoms with E-state index in [-0.39, 0.29) is 25.4 Å². The minimum atomic E-state index is -1.45. The van der Waals surface area contributed by atoms with Crippen molar-refractivity contribution in [2.75, 3.05) is 38.7 Å². The average molecular weight is 774 g/mol. The van der Waals surface area contributed by atoms with Crippen LogP contribution in [-0.2, 0) is 39.9 Å². The molecule has 300 valence electrons. The number of carbonyl (C=O) groups is 7. The predicted octanol–water partition coefficient (Wildman–Crippen LogP) is 1.58. The average Bonchev–Trinajstić information content (AvgIpc) is 3.85. The van der Waals surface area contributed by atoms with E-state index in [4.69, 9.17) is 9.47 Å². The lowest BCUT2D eigenvalue weighted by Crippen LogP contribution is -2.62. The fraction of sp³-hybridized carbons (Fsp3) is 0.525. The summed E-state index contributed by atoms with van der Waals surface area (Å²) in [5.74, 6) is -2.99. The molecule has 4 fully saturated rings. The number of esters is 1. The van der Waals surface area contributed by atoms with Gasteiger partial charge in [-0.1, -0.05) is 43.3 Å². The van der Waals surface area contributed by atoms with Gasteiger partial charge < -0.3 is 45.4 Å². The molecule has 7 atom stereocenters. The summed E-state index contributed by atoms with van der Waals surface area (Å²) in [6.45, 7) is 3.64. The summed E-state index contributed by atoms with van der Waals surface area (Å²) in [6.07, 6.45) is 2.97. The number of ether oxygens (including phenoxy) is 2. The van der Waals surface area contributed by atoms with E-state index in [1.54, 1.807) is 55.5 Å². The van der Waals surface area contributed by atoms with E-state index in [0.29, 0.717) is 56.5 Å². The number of nitrogens with zero attached hydrogens (tertiary/aromatic N) is 3. The second kappa shape index (κ2) is 17.9. The number of cyclic esters (lactones) is 1. The number of anilines is 1. The smallest absolute Gasteiger partial charge is 0.328 e. The predicted molar refractivity (Wildman–Crippen MR) is 203 cm³/mol.